The van der Waals surface area contributed by atoms with Gasteiger partial charge in [-0.1, -0.05) is 11.6 Å². The van der Waals surface area contributed by atoms with Crippen molar-refractivity contribution in [1.29, 1.82) is 0 Å². The van der Waals surface area contributed by atoms with Crippen LogP contribution in [-0.2, 0) is 9.59 Å². The number of likely N-dealkylation sites (tertiary alicyclic amines) is 1. The molecule has 0 saturated carbocycles. The van der Waals surface area contributed by atoms with Gasteiger partial charge in [0, 0.05) is 37.8 Å². The summed E-state index contributed by atoms with van der Waals surface area (Å²) in [4.78, 5) is 41.2. The maximum absolute atomic E-state index is 12.6. The van der Waals surface area contributed by atoms with Gasteiger partial charge in [0.1, 0.15) is 17.3 Å². The highest BCUT2D eigenvalue weighted by molar-refractivity contribution is 6.30. The van der Waals surface area contributed by atoms with Gasteiger partial charge in [-0.2, -0.15) is 0 Å². The molecule has 9 heteroatoms. The fourth-order valence-corrected chi connectivity index (χ4v) is 4.24. The first-order valence-corrected chi connectivity index (χ1v) is 8.97. The molecule has 3 amide bonds. The predicted octanol–water partition coefficient (Wildman–Crippen LogP) is 1.83. The molecule has 2 aliphatic rings. The summed E-state index contributed by atoms with van der Waals surface area (Å²) >= 11 is 6.07. The van der Waals surface area contributed by atoms with Gasteiger partial charge in [0.05, 0.1) is 7.11 Å². The Morgan fingerprint density at radius 3 is 2.37 bits per heavy atom. The molecule has 2 heterocycles. The van der Waals surface area contributed by atoms with E-state index in [0.29, 0.717) is 42.3 Å². The first-order chi connectivity index (χ1) is 12.7. The van der Waals surface area contributed by atoms with E-state index >= 15 is 0 Å². The third-order valence-corrected chi connectivity index (χ3v) is 5.86. The minimum absolute atomic E-state index is 0.234. The zero-order chi connectivity index (χ0) is 19.9. The summed E-state index contributed by atoms with van der Waals surface area (Å²) in [7, 11) is 4.57. The van der Waals surface area contributed by atoms with Crippen molar-refractivity contribution < 1.29 is 24.2 Å². The van der Waals surface area contributed by atoms with E-state index in [1.807, 2.05) is 0 Å². The maximum atomic E-state index is 12.6. The summed E-state index contributed by atoms with van der Waals surface area (Å²) in [5, 5.41) is 10.3. The second-order valence-electron chi connectivity index (χ2n) is 6.90. The molecule has 2 saturated heterocycles. The summed E-state index contributed by atoms with van der Waals surface area (Å²) in [5.74, 6) is -0.816. The summed E-state index contributed by atoms with van der Waals surface area (Å²) in [6, 6.07) is 3.59. The van der Waals surface area contributed by atoms with Crippen LogP contribution in [0.5, 0.6) is 5.75 Å². The number of aliphatic carboxylic acids is 1. The molecule has 0 radical (unpaired) electrons. The van der Waals surface area contributed by atoms with E-state index in [1.165, 1.54) is 19.1 Å². The number of likely N-dealkylation sites (N-methyl/N-ethyl adjacent to an activating group) is 2. The van der Waals surface area contributed by atoms with Gasteiger partial charge in [-0.05, 0) is 31.0 Å². The van der Waals surface area contributed by atoms with Gasteiger partial charge in [-0.25, -0.2) is 4.79 Å². The quantitative estimate of drug-likeness (QED) is 0.782. The van der Waals surface area contributed by atoms with Crippen molar-refractivity contribution in [1.82, 2.24) is 14.7 Å². The third-order valence-electron chi connectivity index (χ3n) is 5.63. The molecule has 1 spiro atoms. The van der Waals surface area contributed by atoms with Crippen molar-refractivity contribution in [3.8, 4) is 5.75 Å². The van der Waals surface area contributed by atoms with Crippen LogP contribution in [0.15, 0.2) is 18.2 Å². The molecule has 0 aromatic heterocycles. The van der Waals surface area contributed by atoms with Crippen molar-refractivity contribution in [2.24, 2.45) is 0 Å². The van der Waals surface area contributed by atoms with Crippen molar-refractivity contribution in [3.63, 3.8) is 0 Å². The molecule has 1 N–H and O–H groups in total. The molecule has 2 aliphatic heterocycles. The van der Waals surface area contributed by atoms with Crippen molar-refractivity contribution in [2.75, 3.05) is 34.3 Å². The Morgan fingerprint density at radius 2 is 1.89 bits per heavy atom. The van der Waals surface area contributed by atoms with Crippen molar-refractivity contribution >= 4 is 29.5 Å². The molecule has 8 nitrogen and oxygen atoms in total. The molecule has 27 heavy (non-hydrogen) atoms. The van der Waals surface area contributed by atoms with Gasteiger partial charge in [0.2, 0.25) is 0 Å². The Labute approximate surface area is 162 Å². The van der Waals surface area contributed by atoms with Crippen LogP contribution in [0.25, 0.3) is 0 Å². The lowest BCUT2D eigenvalue weighted by Crippen LogP contribution is -2.56. The third kappa shape index (κ3) is 3.02. The Bertz CT molecular complexity index is 791. The average molecular weight is 396 g/mol. The van der Waals surface area contributed by atoms with Crippen LogP contribution in [0.3, 0.4) is 0 Å². The number of benzene rings is 1. The number of nitrogens with zero attached hydrogens (tertiary/aromatic N) is 3. The normalized spacial score (nSPS) is 21.0. The number of urea groups is 1. The van der Waals surface area contributed by atoms with Gasteiger partial charge in [-0.15, -0.1) is 0 Å². The number of carboxylic acids is 1. The summed E-state index contributed by atoms with van der Waals surface area (Å²) in [5.41, 5.74) is -0.433. The molecule has 1 atom stereocenters. The van der Waals surface area contributed by atoms with E-state index in [0.717, 1.165) is 4.90 Å². The average Bonchev–Trinajstić information content (AvgIpc) is 2.80. The van der Waals surface area contributed by atoms with Crippen LogP contribution in [0.2, 0.25) is 5.02 Å². The predicted molar refractivity (Wildman–Crippen MR) is 97.8 cm³/mol. The number of carbonyl (C=O) groups excluding carboxylic acids is 2. The highest BCUT2D eigenvalue weighted by Crippen LogP contribution is 2.39. The van der Waals surface area contributed by atoms with Crippen LogP contribution in [0, 0.1) is 0 Å². The fraction of sp³-hybridized carbons (Fsp3) is 0.500. The molecule has 0 aliphatic carbocycles. The number of hydrogen-bond acceptors (Lipinski definition) is 5. The van der Waals surface area contributed by atoms with E-state index < -0.39 is 17.6 Å². The largest absolute Gasteiger partial charge is 0.496 e. The molecular formula is C18H22ClN3O5. The molecule has 2 fully saturated rings. The van der Waals surface area contributed by atoms with Crippen LogP contribution in [0.1, 0.15) is 24.4 Å². The number of ether oxygens (including phenoxy) is 1. The lowest BCUT2D eigenvalue weighted by atomic mass is 9.85. The van der Waals surface area contributed by atoms with Crippen LogP contribution in [0.4, 0.5) is 4.79 Å². The number of hydrogen-bond donors (Lipinski definition) is 1. The summed E-state index contributed by atoms with van der Waals surface area (Å²) in [6.07, 6.45) is 0.732. The standard InChI is InChI=1S/C18H22ClN3O5/c1-20-16(25)18(21(2)17(20)26)6-8-22(9-7-18)14(15(23)24)12-10-11(19)4-5-13(12)27-3/h4-5,10,14H,6-9H2,1-3H3,(H,23,24). The number of halogens is 1. The van der Waals surface area contributed by atoms with E-state index in [9.17, 15) is 19.5 Å². The van der Waals surface area contributed by atoms with E-state index in [1.54, 1.807) is 30.1 Å². The van der Waals surface area contributed by atoms with Crippen LogP contribution in [-0.4, -0.2) is 77.5 Å². The zero-order valence-electron chi connectivity index (χ0n) is 15.4. The van der Waals surface area contributed by atoms with Crippen LogP contribution >= 0.6 is 11.6 Å². The van der Waals surface area contributed by atoms with Gasteiger partial charge in [-0.3, -0.25) is 19.4 Å². The number of carbonyl (C=O) groups is 3. The van der Waals surface area contributed by atoms with Gasteiger partial charge in [0.15, 0.2) is 0 Å². The molecule has 1 aromatic rings. The minimum atomic E-state index is -1.02. The van der Waals surface area contributed by atoms with E-state index in [4.69, 9.17) is 16.3 Å². The first-order valence-electron chi connectivity index (χ1n) is 8.59. The summed E-state index contributed by atoms with van der Waals surface area (Å²) in [6.45, 7) is 0.702. The first kappa shape index (κ1) is 19.4. The molecule has 1 unspecified atom stereocenters. The van der Waals surface area contributed by atoms with Crippen molar-refractivity contribution in [2.45, 2.75) is 24.4 Å². The highest BCUT2D eigenvalue weighted by atomic mass is 35.5. The fourth-order valence-electron chi connectivity index (χ4n) is 4.06. The second-order valence-corrected chi connectivity index (χ2v) is 7.34. The Hall–Kier alpha value is -2.32. The second kappa shape index (κ2) is 7.01. The lowest BCUT2D eigenvalue weighted by Gasteiger charge is -2.42. The van der Waals surface area contributed by atoms with Gasteiger partial charge in [0.25, 0.3) is 5.91 Å². The number of carboxylic acid groups (broad SMARTS) is 1. The molecule has 0 bridgehead atoms. The number of piperidine rings is 1. The minimum Gasteiger partial charge on any atom is -0.496 e. The van der Waals surface area contributed by atoms with Gasteiger partial charge < -0.3 is 14.7 Å². The van der Waals surface area contributed by atoms with Crippen molar-refractivity contribution in [3.05, 3.63) is 28.8 Å². The van der Waals surface area contributed by atoms with E-state index in [2.05, 4.69) is 0 Å². The highest BCUT2D eigenvalue weighted by Gasteiger charge is 2.56. The molecular weight excluding hydrogens is 374 g/mol. The molecule has 1 aromatic carbocycles. The zero-order valence-corrected chi connectivity index (χ0v) is 16.2. The monoisotopic (exact) mass is 395 g/mol. The van der Waals surface area contributed by atoms with Crippen LogP contribution < -0.4 is 4.74 Å². The maximum Gasteiger partial charge on any atom is 0.327 e. The number of rotatable bonds is 4. The van der Waals surface area contributed by atoms with Gasteiger partial charge >= 0.3 is 12.0 Å². The Morgan fingerprint density at radius 1 is 1.26 bits per heavy atom. The molecule has 3 rings (SSSR count). The number of imide groups is 1. The Balaban J connectivity index is 1.88. The summed E-state index contributed by atoms with van der Waals surface area (Å²) < 4.78 is 5.32. The topological polar surface area (TPSA) is 90.4 Å². The Kier molecular flexibility index (Phi) is 5.05. The lowest BCUT2D eigenvalue weighted by molar-refractivity contribution is -0.145. The van der Waals surface area contributed by atoms with E-state index in [-0.39, 0.29) is 11.9 Å². The molecule has 146 valence electrons. The number of amides is 3. The smallest absolute Gasteiger partial charge is 0.327 e. The SMILES string of the molecule is COc1ccc(Cl)cc1C(C(=O)O)N1CCC2(CC1)C(=O)N(C)C(=O)N2C. The number of methoxy groups -OCH3 is 1.